The molecule has 1 aliphatic heterocycles. The van der Waals surface area contributed by atoms with Crippen LogP contribution in [-0.2, 0) is 11.8 Å². The maximum Gasteiger partial charge on any atom is 0.222 e. The minimum absolute atomic E-state index is 0.287. The molecule has 1 saturated heterocycles. The van der Waals surface area contributed by atoms with Gasteiger partial charge in [0.05, 0.1) is 6.20 Å². The van der Waals surface area contributed by atoms with Crippen LogP contribution < -0.4 is 0 Å². The Bertz CT molecular complexity index is 609. The van der Waals surface area contributed by atoms with Gasteiger partial charge in [-0.15, -0.1) is 0 Å². The summed E-state index contributed by atoms with van der Waals surface area (Å²) < 4.78 is 1.89. The molecule has 2 aliphatic rings. The van der Waals surface area contributed by atoms with Crippen molar-refractivity contribution in [2.75, 3.05) is 26.7 Å². The van der Waals surface area contributed by atoms with Crippen molar-refractivity contribution in [3.8, 4) is 0 Å². The molecule has 5 heteroatoms. The number of hydrogen-bond acceptors (Lipinski definition) is 3. The standard InChI is InChI=1S/C20H32N4O/c1-4-24-11-7-10-17(20(24)18-13-21-23(3)15-18)14-22(2)19(25)12-16-8-5-6-9-16/h5,8,13,15-17,20H,4,6-7,9-12,14H2,1-3H3/t16?,17-,20+/m0/s1. The largest absolute Gasteiger partial charge is 0.345 e. The van der Waals surface area contributed by atoms with E-state index in [1.165, 1.54) is 18.4 Å². The average Bonchev–Trinajstić information content (AvgIpc) is 3.26. The summed E-state index contributed by atoms with van der Waals surface area (Å²) >= 11 is 0. The normalized spacial score (nSPS) is 26.9. The predicted octanol–water partition coefficient (Wildman–Crippen LogP) is 3.01. The first-order valence-corrected chi connectivity index (χ1v) is 9.71. The summed E-state index contributed by atoms with van der Waals surface area (Å²) in [5.41, 5.74) is 1.29. The number of piperidine rings is 1. The molecule has 0 radical (unpaired) electrons. The van der Waals surface area contributed by atoms with E-state index in [1.807, 2.05) is 29.9 Å². The third kappa shape index (κ3) is 4.32. The summed E-state index contributed by atoms with van der Waals surface area (Å²) in [5, 5.41) is 4.38. The number of carbonyl (C=O) groups is 1. The van der Waals surface area contributed by atoms with Crippen LogP contribution in [0.25, 0.3) is 0 Å². The molecule has 1 unspecified atom stereocenters. The fourth-order valence-corrected chi connectivity index (χ4v) is 4.47. The number of likely N-dealkylation sites (tertiary alicyclic amines) is 1. The number of amides is 1. The number of aryl methyl sites for hydroxylation is 1. The van der Waals surface area contributed by atoms with Gasteiger partial charge in [-0.05, 0) is 50.6 Å². The van der Waals surface area contributed by atoms with Crippen LogP contribution in [0.2, 0.25) is 0 Å². The van der Waals surface area contributed by atoms with Crippen molar-refractivity contribution in [1.29, 1.82) is 0 Å². The molecule has 1 aromatic heterocycles. The van der Waals surface area contributed by atoms with Crippen LogP contribution in [0, 0.1) is 11.8 Å². The molecule has 25 heavy (non-hydrogen) atoms. The lowest BCUT2D eigenvalue weighted by molar-refractivity contribution is -0.131. The van der Waals surface area contributed by atoms with Gasteiger partial charge in [0.1, 0.15) is 0 Å². The third-order valence-electron chi connectivity index (χ3n) is 5.82. The predicted molar refractivity (Wildman–Crippen MR) is 100 cm³/mol. The number of allylic oxidation sites excluding steroid dienone is 2. The average molecular weight is 345 g/mol. The Morgan fingerprint density at radius 3 is 2.88 bits per heavy atom. The molecule has 0 N–H and O–H groups in total. The topological polar surface area (TPSA) is 41.4 Å². The highest BCUT2D eigenvalue weighted by molar-refractivity contribution is 5.76. The smallest absolute Gasteiger partial charge is 0.222 e. The molecule has 1 aliphatic carbocycles. The number of hydrogen-bond donors (Lipinski definition) is 0. The number of nitrogens with zero attached hydrogens (tertiary/aromatic N) is 4. The molecule has 138 valence electrons. The van der Waals surface area contributed by atoms with Gasteiger partial charge in [-0.3, -0.25) is 14.4 Å². The van der Waals surface area contributed by atoms with Gasteiger partial charge in [0, 0.05) is 44.9 Å². The maximum atomic E-state index is 12.6. The summed E-state index contributed by atoms with van der Waals surface area (Å²) in [5.74, 6) is 1.21. The van der Waals surface area contributed by atoms with Crippen LogP contribution in [-0.4, -0.2) is 52.2 Å². The van der Waals surface area contributed by atoms with E-state index in [-0.39, 0.29) is 5.91 Å². The van der Waals surface area contributed by atoms with Gasteiger partial charge in [0.15, 0.2) is 0 Å². The van der Waals surface area contributed by atoms with E-state index < -0.39 is 0 Å². The van der Waals surface area contributed by atoms with Crippen LogP contribution in [0.4, 0.5) is 0 Å². The van der Waals surface area contributed by atoms with Crippen molar-refractivity contribution >= 4 is 5.91 Å². The minimum atomic E-state index is 0.287. The lowest BCUT2D eigenvalue weighted by Gasteiger charge is -2.42. The SMILES string of the molecule is CCN1CCC[C@@H](CN(C)C(=O)CC2C=CCC2)[C@@H]1c1cnn(C)c1. The Hall–Kier alpha value is -1.62. The number of carbonyl (C=O) groups excluding carboxylic acids is 1. The Kier molecular flexibility index (Phi) is 5.94. The van der Waals surface area contributed by atoms with E-state index >= 15 is 0 Å². The second-order valence-corrected chi connectivity index (χ2v) is 7.67. The minimum Gasteiger partial charge on any atom is -0.345 e. The van der Waals surface area contributed by atoms with Crippen molar-refractivity contribution in [2.45, 2.75) is 45.1 Å². The van der Waals surface area contributed by atoms with Crippen LogP contribution in [0.5, 0.6) is 0 Å². The summed E-state index contributed by atoms with van der Waals surface area (Å²) in [6.45, 7) is 5.25. The lowest BCUT2D eigenvalue weighted by Crippen LogP contribution is -2.44. The van der Waals surface area contributed by atoms with Crippen molar-refractivity contribution in [3.05, 3.63) is 30.1 Å². The van der Waals surface area contributed by atoms with Gasteiger partial charge in [-0.1, -0.05) is 19.1 Å². The Labute approximate surface area is 151 Å². The highest BCUT2D eigenvalue weighted by atomic mass is 16.2. The Morgan fingerprint density at radius 1 is 1.40 bits per heavy atom. The summed E-state index contributed by atoms with van der Waals surface area (Å²) in [7, 11) is 3.95. The van der Waals surface area contributed by atoms with E-state index in [1.54, 1.807) is 0 Å². The van der Waals surface area contributed by atoms with Gasteiger partial charge in [-0.2, -0.15) is 5.10 Å². The first-order chi connectivity index (χ1) is 12.1. The molecular formula is C20H32N4O. The first-order valence-electron chi connectivity index (χ1n) is 9.71. The van der Waals surface area contributed by atoms with E-state index in [9.17, 15) is 4.79 Å². The molecule has 1 aromatic rings. The molecule has 0 spiro atoms. The zero-order valence-corrected chi connectivity index (χ0v) is 15.9. The highest BCUT2D eigenvalue weighted by Gasteiger charge is 2.34. The molecule has 0 bridgehead atoms. The van der Waals surface area contributed by atoms with Crippen molar-refractivity contribution in [2.24, 2.45) is 18.9 Å². The second-order valence-electron chi connectivity index (χ2n) is 7.67. The van der Waals surface area contributed by atoms with Crippen molar-refractivity contribution in [3.63, 3.8) is 0 Å². The van der Waals surface area contributed by atoms with Gasteiger partial charge in [-0.25, -0.2) is 0 Å². The maximum absolute atomic E-state index is 12.6. The van der Waals surface area contributed by atoms with Gasteiger partial charge < -0.3 is 4.90 Å². The summed E-state index contributed by atoms with van der Waals surface area (Å²) in [6.07, 6.45) is 13.9. The van der Waals surface area contributed by atoms with Crippen molar-refractivity contribution in [1.82, 2.24) is 19.6 Å². The monoisotopic (exact) mass is 344 g/mol. The van der Waals surface area contributed by atoms with E-state index in [2.05, 4.69) is 35.3 Å². The van der Waals surface area contributed by atoms with E-state index in [0.29, 0.717) is 24.3 Å². The lowest BCUT2D eigenvalue weighted by atomic mass is 9.85. The summed E-state index contributed by atoms with van der Waals surface area (Å²) in [4.78, 5) is 17.1. The quantitative estimate of drug-likeness (QED) is 0.745. The molecule has 1 fully saturated rings. The second kappa shape index (κ2) is 8.17. The zero-order valence-electron chi connectivity index (χ0n) is 15.9. The van der Waals surface area contributed by atoms with E-state index in [0.717, 1.165) is 32.5 Å². The van der Waals surface area contributed by atoms with Crippen LogP contribution in [0.15, 0.2) is 24.5 Å². The number of rotatable bonds is 6. The molecule has 1 amide bonds. The fraction of sp³-hybridized carbons (Fsp3) is 0.700. The highest BCUT2D eigenvalue weighted by Crippen LogP contribution is 2.36. The van der Waals surface area contributed by atoms with Crippen LogP contribution in [0.3, 0.4) is 0 Å². The fourth-order valence-electron chi connectivity index (χ4n) is 4.47. The van der Waals surface area contributed by atoms with Gasteiger partial charge in [0.2, 0.25) is 5.91 Å². The molecule has 3 rings (SSSR count). The molecule has 0 aromatic carbocycles. The van der Waals surface area contributed by atoms with Crippen LogP contribution >= 0.6 is 0 Å². The number of aromatic nitrogens is 2. The van der Waals surface area contributed by atoms with Crippen LogP contribution in [0.1, 0.15) is 50.6 Å². The molecule has 0 saturated carbocycles. The molecular weight excluding hydrogens is 312 g/mol. The van der Waals surface area contributed by atoms with E-state index in [4.69, 9.17) is 0 Å². The molecule has 5 nitrogen and oxygen atoms in total. The Morgan fingerprint density at radius 2 is 2.24 bits per heavy atom. The molecule has 3 atom stereocenters. The third-order valence-corrected chi connectivity index (χ3v) is 5.82. The zero-order chi connectivity index (χ0) is 17.8. The van der Waals surface area contributed by atoms with Gasteiger partial charge in [0.25, 0.3) is 0 Å². The van der Waals surface area contributed by atoms with Crippen molar-refractivity contribution < 1.29 is 4.79 Å². The Balaban J connectivity index is 1.67. The van der Waals surface area contributed by atoms with Gasteiger partial charge >= 0.3 is 0 Å². The first kappa shape index (κ1) is 18.2. The summed E-state index contributed by atoms with van der Waals surface area (Å²) in [6, 6.07) is 0.370. The molecule has 2 heterocycles.